The Morgan fingerprint density at radius 3 is 2.29 bits per heavy atom. The predicted molar refractivity (Wildman–Crippen MR) is 94.0 cm³/mol. The maximum atomic E-state index is 12.3. The van der Waals surface area contributed by atoms with Crippen LogP contribution >= 0.6 is 0 Å². The molecule has 5 rings (SSSR count). The Labute approximate surface area is 144 Å². The van der Waals surface area contributed by atoms with Crippen molar-refractivity contribution in [1.82, 2.24) is 10.6 Å². The third-order valence-corrected chi connectivity index (χ3v) is 6.04. The zero-order valence-corrected chi connectivity index (χ0v) is 14.3. The second-order valence-electron chi connectivity index (χ2n) is 8.09. The van der Waals surface area contributed by atoms with Gasteiger partial charge < -0.3 is 15.4 Å². The highest BCUT2D eigenvalue weighted by Crippen LogP contribution is 2.55. The molecule has 2 N–H and O–H groups in total. The van der Waals surface area contributed by atoms with E-state index in [9.17, 15) is 4.79 Å². The minimum absolute atomic E-state index is 0.0108. The van der Waals surface area contributed by atoms with Gasteiger partial charge in [-0.3, -0.25) is 0 Å². The fraction of sp³-hybridized carbons (Fsp3) is 0.650. The Morgan fingerprint density at radius 1 is 1.04 bits per heavy atom. The monoisotopic (exact) mass is 328 g/mol. The Morgan fingerprint density at radius 2 is 1.67 bits per heavy atom. The van der Waals surface area contributed by atoms with E-state index in [1.165, 1.54) is 38.5 Å². The number of nitrogens with one attached hydrogen (secondary N) is 2. The lowest BCUT2D eigenvalue weighted by Gasteiger charge is -2.56. The van der Waals surface area contributed by atoms with Crippen molar-refractivity contribution >= 4 is 6.03 Å². The van der Waals surface area contributed by atoms with E-state index in [1.54, 1.807) is 0 Å². The van der Waals surface area contributed by atoms with E-state index in [0.29, 0.717) is 13.2 Å². The van der Waals surface area contributed by atoms with Crippen molar-refractivity contribution in [3.63, 3.8) is 0 Å². The molecule has 2 amide bonds. The van der Waals surface area contributed by atoms with Crippen LogP contribution in [0.5, 0.6) is 5.75 Å². The Balaban J connectivity index is 1.18. The summed E-state index contributed by atoms with van der Waals surface area (Å²) >= 11 is 0. The van der Waals surface area contributed by atoms with Crippen molar-refractivity contribution in [1.29, 1.82) is 0 Å². The van der Waals surface area contributed by atoms with Crippen molar-refractivity contribution in [2.75, 3.05) is 13.2 Å². The first-order valence-electron chi connectivity index (χ1n) is 9.45. The number of urea groups is 1. The SMILES string of the molecule is O=C(NCCCOc1ccccc1)NC12CC3CC(CC(C3)C1)C2. The largest absolute Gasteiger partial charge is 0.494 e. The summed E-state index contributed by atoms with van der Waals surface area (Å²) in [6.07, 6.45) is 8.62. The van der Waals surface area contributed by atoms with E-state index in [-0.39, 0.29) is 11.6 Å². The molecule has 4 aliphatic rings. The molecule has 4 saturated carbocycles. The fourth-order valence-electron chi connectivity index (χ4n) is 5.53. The Hall–Kier alpha value is -1.71. The van der Waals surface area contributed by atoms with Crippen LogP contribution in [-0.4, -0.2) is 24.7 Å². The van der Waals surface area contributed by atoms with Crippen molar-refractivity contribution < 1.29 is 9.53 Å². The summed E-state index contributed by atoms with van der Waals surface area (Å²) < 4.78 is 5.65. The summed E-state index contributed by atoms with van der Waals surface area (Å²) in [4.78, 5) is 12.3. The zero-order valence-electron chi connectivity index (χ0n) is 14.3. The number of hydrogen-bond donors (Lipinski definition) is 2. The summed E-state index contributed by atoms with van der Waals surface area (Å²) in [5.74, 6) is 3.46. The number of carbonyl (C=O) groups excluding carboxylic acids is 1. The summed E-state index contributed by atoms with van der Waals surface area (Å²) in [5.41, 5.74) is 0.0966. The van der Waals surface area contributed by atoms with Crippen molar-refractivity contribution in [3.8, 4) is 5.75 Å². The van der Waals surface area contributed by atoms with Crippen molar-refractivity contribution in [2.24, 2.45) is 17.8 Å². The second-order valence-corrected chi connectivity index (χ2v) is 8.09. The number of benzene rings is 1. The van der Waals surface area contributed by atoms with Gasteiger partial charge >= 0.3 is 6.03 Å². The van der Waals surface area contributed by atoms with Gasteiger partial charge in [0.1, 0.15) is 5.75 Å². The fourth-order valence-corrected chi connectivity index (χ4v) is 5.53. The minimum Gasteiger partial charge on any atom is -0.494 e. The number of hydrogen-bond acceptors (Lipinski definition) is 2. The maximum Gasteiger partial charge on any atom is 0.315 e. The van der Waals surface area contributed by atoms with E-state index in [4.69, 9.17) is 4.74 Å². The van der Waals surface area contributed by atoms with Gasteiger partial charge in [-0.1, -0.05) is 18.2 Å². The molecule has 0 atom stereocenters. The lowest BCUT2D eigenvalue weighted by atomic mass is 9.53. The first kappa shape index (κ1) is 15.8. The van der Waals surface area contributed by atoms with E-state index >= 15 is 0 Å². The zero-order chi connectivity index (χ0) is 16.4. The summed E-state index contributed by atoms with van der Waals surface area (Å²) in [5, 5.41) is 6.36. The molecule has 4 heteroatoms. The smallest absolute Gasteiger partial charge is 0.315 e. The molecule has 24 heavy (non-hydrogen) atoms. The lowest BCUT2D eigenvalue weighted by Crippen LogP contribution is -2.61. The van der Waals surface area contributed by atoms with Gasteiger partial charge in [0.25, 0.3) is 0 Å². The van der Waals surface area contributed by atoms with Crippen LogP contribution in [0.2, 0.25) is 0 Å². The van der Waals surface area contributed by atoms with E-state index in [0.717, 1.165) is 29.9 Å². The van der Waals surface area contributed by atoms with Crippen LogP contribution in [0.25, 0.3) is 0 Å². The van der Waals surface area contributed by atoms with E-state index < -0.39 is 0 Å². The number of amides is 2. The van der Waals surface area contributed by atoms with Crippen molar-refractivity contribution in [2.45, 2.75) is 50.5 Å². The highest BCUT2D eigenvalue weighted by molar-refractivity contribution is 5.74. The van der Waals surface area contributed by atoms with E-state index in [1.807, 2.05) is 30.3 Å². The van der Waals surface area contributed by atoms with E-state index in [2.05, 4.69) is 10.6 Å². The quantitative estimate of drug-likeness (QED) is 0.782. The predicted octanol–water partition coefficient (Wildman–Crippen LogP) is 3.72. The average Bonchev–Trinajstić information content (AvgIpc) is 2.53. The molecule has 0 aliphatic heterocycles. The summed E-state index contributed by atoms with van der Waals surface area (Å²) in [6, 6.07) is 9.82. The van der Waals surface area contributed by atoms with Crippen LogP contribution in [0, 0.1) is 17.8 Å². The molecule has 0 aromatic heterocycles. The molecule has 0 saturated heterocycles. The van der Waals surface area contributed by atoms with Gasteiger partial charge in [0, 0.05) is 12.1 Å². The summed E-state index contributed by atoms with van der Waals surface area (Å²) in [7, 11) is 0. The topological polar surface area (TPSA) is 50.4 Å². The molecular formula is C20H28N2O2. The number of ether oxygens (including phenoxy) is 1. The molecule has 4 aliphatic carbocycles. The van der Waals surface area contributed by atoms with Gasteiger partial charge in [-0.15, -0.1) is 0 Å². The third-order valence-electron chi connectivity index (χ3n) is 6.04. The molecule has 4 nitrogen and oxygen atoms in total. The molecule has 0 radical (unpaired) electrons. The second kappa shape index (κ2) is 6.66. The van der Waals surface area contributed by atoms with Crippen molar-refractivity contribution in [3.05, 3.63) is 30.3 Å². The van der Waals surface area contributed by atoms with Gasteiger partial charge in [0.05, 0.1) is 6.61 Å². The van der Waals surface area contributed by atoms with Gasteiger partial charge in [0.2, 0.25) is 0 Å². The average molecular weight is 328 g/mol. The van der Waals surface area contributed by atoms with Gasteiger partial charge in [0.15, 0.2) is 0 Å². The lowest BCUT2D eigenvalue weighted by molar-refractivity contribution is -0.0135. The van der Waals surface area contributed by atoms with Crippen LogP contribution in [0.4, 0.5) is 4.79 Å². The van der Waals surface area contributed by atoms with Crippen LogP contribution in [0.15, 0.2) is 30.3 Å². The molecule has 130 valence electrons. The summed E-state index contributed by atoms with van der Waals surface area (Å²) in [6.45, 7) is 1.28. The Bertz CT molecular complexity index is 537. The molecule has 4 fully saturated rings. The molecule has 0 unspecified atom stereocenters. The first-order valence-corrected chi connectivity index (χ1v) is 9.45. The molecule has 4 bridgehead atoms. The van der Waals surface area contributed by atoms with Gasteiger partial charge in [-0.25, -0.2) is 4.79 Å². The number of carbonyl (C=O) groups is 1. The van der Waals surface area contributed by atoms with Crippen LogP contribution < -0.4 is 15.4 Å². The van der Waals surface area contributed by atoms with Gasteiger partial charge in [-0.05, 0) is 74.8 Å². The molecular weight excluding hydrogens is 300 g/mol. The Kier molecular flexibility index (Phi) is 4.38. The highest BCUT2D eigenvalue weighted by Gasteiger charge is 2.51. The molecule has 1 aromatic carbocycles. The molecule has 0 spiro atoms. The number of para-hydroxylation sites is 1. The molecule has 1 aromatic rings. The van der Waals surface area contributed by atoms with Crippen LogP contribution in [-0.2, 0) is 0 Å². The normalized spacial score (nSPS) is 33.2. The maximum absolute atomic E-state index is 12.3. The standard InChI is InChI=1S/C20H28N2O2/c23-19(21-7-4-8-24-18-5-2-1-3-6-18)22-20-12-15-9-16(13-20)11-17(10-15)14-20/h1-3,5-6,15-17H,4,7-14H2,(H2,21,22,23). The van der Waals surface area contributed by atoms with Crippen LogP contribution in [0.3, 0.4) is 0 Å². The minimum atomic E-state index is 0.0108. The van der Waals surface area contributed by atoms with Gasteiger partial charge in [-0.2, -0.15) is 0 Å². The number of rotatable bonds is 6. The third kappa shape index (κ3) is 3.52. The van der Waals surface area contributed by atoms with Crippen LogP contribution in [0.1, 0.15) is 44.9 Å². The molecule has 0 heterocycles. The first-order chi connectivity index (χ1) is 11.7. The highest BCUT2D eigenvalue weighted by atomic mass is 16.5.